The van der Waals surface area contributed by atoms with Gasteiger partial charge in [0.05, 0.1) is 32.6 Å². The third kappa shape index (κ3) is 6.72. The van der Waals surface area contributed by atoms with Crippen molar-refractivity contribution in [3.05, 3.63) is 41.5 Å². The van der Waals surface area contributed by atoms with Crippen LogP contribution in [0.25, 0.3) is 0 Å². The molecule has 9 heteroatoms. The number of hydrogen-bond acceptors (Lipinski definition) is 5. The van der Waals surface area contributed by atoms with Gasteiger partial charge in [0.2, 0.25) is 11.7 Å². The van der Waals surface area contributed by atoms with Crippen LogP contribution in [0.15, 0.2) is 35.2 Å². The smallest absolute Gasteiger partial charge is 0.418 e. The van der Waals surface area contributed by atoms with Gasteiger partial charge < -0.3 is 19.5 Å². The molecule has 0 aliphatic heterocycles. The first-order valence-electron chi connectivity index (χ1n) is 10.1. The van der Waals surface area contributed by atoms with Gasteiger partial charge in [0.25, 0.3) is 0 Å². The summed E-state index contributed by atoms with van der Waals surface area (Å²) in [6, 6.07) is 7.41. The second kappa shape index (κ2) is 11.4. The first-order chi connectivity index (χ1) is 15.1. The third-order valence-corrected chi connectivity index (χ3v) is 6.11. The zero-order valence-electron chi connectivity index (χ0n) is 18.8. The molecule has 1 unspecified atom stereocenters. The van der Waals surface area contributed by atoms with Crippen LogP contribution in [-0.2, 0) is 17.4 Å². The van der Waals surface area contributed by atoms with E-state index in [1.807, 2.05) is 13.8 Å². The summed E-state index contributed by atoms with van der Waals surface area (Å²) >= 11 is 1.37. The lowest BCUT2D eigenvalue weighted by Gasteiger charge is -2.17. The zero-order valence-corrected chi connectivity index (χ0v) is 19.6. The van der Waals surface area contributed by atoms with Crippen molar-refractivity contribution in [1.82, 2.24) is 0 Å². The predicted octanol–water partition coefficient (Wildman–Crippen LogP) is 6.19. The van der Waals surface area contributed by atoms with E-state index < -0.39 is 17.6 Å². The first-order valence-corrected chi connectivity index (χ1v) is 11.0. The number of alkyl halides is 3. The van der Waals surface area contributed by atoms with Crippen molar-refractivity contribution in [2.75, 3.05) is 26.6 Å². The number of aryl methyl sites for hydroxylation is 1. The summed E-state index contributed by atoms with van der Waals surface area (Å²) < 4.78 is 56.6. The SMILES string of the molecule is CCC(C)Sc1ccc(NC(=O)CCc2cc(OC)c(OC)c(OC)c2)c(C(F)(F)F)c1. The molecule has 0 aromatic heterocycles. The van der Waals surface area contributed by atoms with Gasteiger partial charge in [-0.05, 0) is 48.7 Å². The first kappa shape index (κ1) is 25.7. The molecular formula is C23H28F3NO4S. The molecule has 0 saturated heterocycles. The van der Waals surface area contributed by atoms with Gasteiger partial charge in [-0.15, -0.1) is 11.8 Å². The average molecular weight is 472 g/mol. The van der Waals surface area contributed by atoms with Crippen LogP contribution in [0.2, 0.25) is 0 Å². The average Bonchev–Trinajstić information content (AvgIpc) is 2.76. The van der Waals surface area contributed by atoms with Crippen molar-refractivity contribution in [2.24, 2.45) is 0 Å². The largest absolute Gasteiger partial charge is 0.493 e. The molecular weight excluding hydrogens is 443 g/mol. The molecule has 0 bridgehead atoms. The molecule has 0 aliphatic rings. The molecule has 1 atom stereocenters. The monoisotopic (exact) mass is 471 g/mol. The van der Waals surface area contributed by atoms with Gasteiger partial charge in [0.15, 0.2) is 11.5 Å². The number of methoxy groups -OCH3 is 3. The van der Waals surface area contributed by atoms with E-state index in [9.17, 15) is 18.0 Å². The maximum absolute atomic E-state index is 13.6. The van der Waals surface area contributed by atoms with Crippen molar-refractivity contribution in [3.63, 3.8) is 0 Å². The molecule has 1 amide bonds. The second-order valence-electron chi connectivity index (χ2n) is 7.12. The van der Waals surface area contributed by atoms with Crippen LogP contribution in [0.5, 0.6) is 17.2 Å². The molecule has 2 rings (SSSR count). The van der Waals surface area contributed by atoms with Gasteiger partial charge in [-0.25, -0.2) is 0 Å². The summed E-state index contributed by atoms with van der Waals surface area (Å²) in [6.45, 7) is 3.93. The Bertz CT molecular complexity index is 909. The number of carbonyl (C=O) groups is 1. The Morgan fingerprint density at radius 3 is 2.19 bits per heavy atom. The molecule has 0 fully saturated rings. The second-order valence-corrected chi connectivity index (χ2v) is 8.64. The number of nitrogens with one attached hydrogen (secondary N) is 1. The maximum Gasteiger partial charge on any atom is 0.418 e. The molecule has 0 aliphatic carbocycles. The Balaban J connectivity index is 2.16. The molecule has 5 nitrogen and oxygen atoms in total. The van der Waals surface area contributed by atoms with Crippen molar-refractivity contribution in [3.8, 4) is 17.2 Å². The number of hydrogen-bond donors (Lipinski definition) is 1. The fourth-order valence-electron chi connectivity index (χ4n) is 3.01. The number of carbonyl (C=O) groups excluding carboxylic acids is 1. The number of anilines is 1. The van der Waals surface area contributed by atoms with E-state index in [1.54, 1.807) is 18.2 Å². The Morgan fingerprint density at radius 2 is 1.69 bits per heavy atom. The number of ether oxygens (including phenoxy) is 3. The van der Waals surface area contributed by atoms with Crippen molar-refractivity contribution < 1.29 is 32.2 Å². The molecule has 0 heterocycles. The van der Waals surface area contributed by atoms with E-state index in [0.717, 1.165) is 18.1 Å². The lowest BCUT2D eigenvalue weighted by atomic mass is 10.1. The van der Waals surface area contributed by atoms with E-state index in [2.05, 4.69) is 5.32 Å². The summed E-state index contributed by atoms with van der Waals surface area (Å²) in [4.78, 5) is 13.0. The molecule has 0 radical (unpaired) electrons. The summed E-state index contributed by atoms with van der Waals surface area (Å²) in [6.07, 6.45) is -3.47. The standard InChI is InChI=1S/C23H28F3NO4S/c1-6-14(2)32-16-8-9-18(17(13-16)23(24,25)26)27-21(28)10-7-15-11-19(29-3)22(31-5)20(12-15)30-4/h8-9,11-14H,6-7,10H2,1-5H3,(H,27,28). The van der Waals surface area contributed by atoms with Crippen LogP contribution in [0.4, 0.5) is 18.9 Å². The zero-order chi connectivity index (χ0) is 23.9. The number of halogens is 3. The lowest BCUT2D eigenvalue weighted by Crippen LogP contribution is -2.17. The van der Waals surface area contributed by atoms with Crippen molar-refractivity contribution in [2.45, 2.75) is 49.4 Å². The summed E-state index contributed by atoms with van der Waals surface area (Å²) in [5, 5.41) is 2.60. The topological polar surface area (TPSA) is 56.8 Å². The third-order valence-electron chi connectivity index (χ3n) is 4.85. The highest BCUT2D eigenvalue weighted by molar-refractivity contribution is 7.99. The molecule has 1 N–H and O–H groups in total. The maximum atomic E-state index is 13.6. The Kier molecular flexibility index (Phi) is 9.12. The van der Waals surface area contributed by atoms with E-state index in [1.165, 1.54) is 39.2 Å². The Morgan fingerprint density at radius 1 is 1.06 bits per heavy atom. The summed E-state index contributed by atoms with van der Waals surface area (Å²) in [5.74, 6) is 0.784. The molecule has 0 spiro atoms. The van der Waals surface area contributed by atoms with E-state index in [-0.39, 0.29) is 23.8 Å². The number of thioether (sulfide) groups is 1. The number of benzene rings is 2. The summed E-state index contributed by atoms with van der Waals surface area (Å²) in [5.41, 5.74) is -0.376. The normalized spacial score (nSPS) is 12.2. The molecule has 0 saturated carbocycles. The fraction of sp³-hybridized carbons (Fsp3) is 0.435. The van der Waals surface area contributed by atoms with E-state index in [0.29, 0.717) is 22.1 Å². The lowest BCUT2D eigenvalue weighted by molar-refractivity contribution is -0.137. The van der Waals surface area contributed by atoms with Gasteiger partial charge in [-0.2, -0.15) is 13.2 Å². The van der Waals surface area contributed by atoms with Gasteiger partial charge in [0.1, 0.15) is 0 Å². The van der Waals surface area contributed by atoms with Gasteiger partial charge in [0, 0.05) is 16.6 Å². The van der Waals surface area contributed by atoms with Crippen LogP contribution >= 0.6 is 11.8 Å². The number of rotatable bonds is 10. The van der Waals surface area contributed by atoms with Crippen LogP contribution in [0.1, 0.15) is 37.8 Å². The minimum absolute atomic E-state index is 0.0146. The van der Waals surface area contributed by atoms with Crippen molar-refractivity contribution in [1.29, 1.82) is 0 Å². The van der Waals surface area contributed by atoms with Gasteiger partial charge in [-0.3, -0.25) is 4.79 Å². The molecule has 2 aromatic carbocycles. The fourth-order valence-corrected chi connectivity index (χ4v) is 3.97. The van der Waals surface area contributed by atoms with Crippen LogP contribution in [0.3, 0.4) is 0 Å². The Hall–Kier alpha value is -2.55. The molecule has 2 aromatic rings. The highest BCUT2D eigenvalue weighted by Gasteiger charge is 2.34. The van der Waals surface area contributed by atoms with Crippen LogP contribution in [0, 0.1) is 0 Å². The predicted molar refractivity (Wildman–Crippen MR) is 120 cm³/mol. The van der Waals surface area contributed by atoms with Crippen molar-refractivity contribution >= 4 is 23.4 Å². The molecule has 176 valence electrons. The van der Waals surface area contributed by atoms with Gasteiger partial charge in [-0.1, -0.05) is 13.8 Å². The van der Waals surface area contributed by atoms with E-state index in [4.69, 9.17) is 14.2 Å². The van der Waals surface area contributed by atoms with Crippen LogP contribution in [-0.4, -0.2) is 32.5 Å². The molecule has 32 heavy (non-hydrogen) atoms. The number of amides is 1. The van der Waals surface area contributed by atoms with Gasteiger partial charge >= 0.3 is 6.18 Å². The van der Waals surface area contributed by atoms with E-state index >= 15 is 0 Å². The highest BCUT2D eigenvalue weighted by Crippen LogP contribution is 2.40. The quantitative estimate of drug-likeness (QED) is 0.419. The minimum Gasteiger partial charge on any atom is -0.493 e. The van der Waals surface area contributed by atoms with Crippen LogP contribution < -0.4 is 19.5 Å². The minimum atomic E-state index is -4.58. The summed E-state index contributed by atoms with van der Waals surface area (Å²) in [7, 11) is 4.45. The highest BCUT2D eigenvalue weighted by atomic mass is 32.2. The Labute approximate surface area is 190 Å².